The summed E-state index contributed by atoms with van der Waals surface area (Å²) in [4.78, 5) is 20.8. The first-order valence-corrected chi connectivity index (χ1v) is 10.4. The molecule has 150 valence electrons. The van der Waals surface area contributed by atoms with Gasteiger partial charge in [-0.2, -0.15) is 0 Å². The standard InChI is InChI=1S/C22H23N3O3S/c1-27-18-9-5-8-17(14-18)23-22(26)21-20(16-6-3-2-4-7-16)24-19(29-21)15-25-10-12-28-13-11-25/h2-9,14H,10-13,15H2,1H3,(H,23,26). The Morgan fingerprint density at radius 3 is 2.72 bits per heavy atom. The molecule has 1 saturated heterocycles. The van der Waals surface area contributed by atoms with Crippen molar-refractivity contribution in [2.45, 2.75) is 6.54 Å². The summed E-state index contributed by atoms with van der Waals surface area (Å²) in [5.41, 5.74) is 2.35. The number of nitrogens with zero attached hydrogens (tertiary/aromatic N) is 2. The second-order valence-electron chi connectivity index (χ2n) is 6.73. The number of thiazole rings is 1. The molecule has 1 amide bonds. The molecule has 2 aromatic carbocycles. The van der Waals surface area contributed by atoms with Crippen LogP contribution in [0.15, 0.2) is 54.6 Å². The summed E-state index contributed by atoms with van der Waals surface area (Å²) in [5.74, 6) is 0.534. The molecule has 0 aliphatic carbocycles. The maximum absolute atomic E-state index is 13.1. The highest BCUT2D eigenvalue weighted by atomic mass is 32.1. The maximum atomic E-state index is 13.1. The number of carbonyl (C=O) groups excluding carboxylic acids is 1. The average molecular weight is 410 g/mol. The lowest BCUT2D eigenvalue weighted by Crippen LogP contribution is -2.35. The van der Waals surface area contributed by atoms with E-state index in [0.717, 1.165) is 49.1 Å². The number of ether oxygens (including phenoxy) is 2. The molecule has 0 atom stereocenters. The number of carbonyl (C=O) groups is 1. The molecule has 1 aliphatic heterocycles. The molecule has 0 spiro atoms. The first-order valence-electron chi connectivity index (χ1n) is 9.53. The van der Waals surface area contributed by atoms with E-state index >= 15 is 0 Å². The van der Waals surface area contributed by atoms with Crippen molar-refractivity contribution < 1.29 is 14.3 Å². The zero-order valence-electron chi connectivity index (χ0n) is 16.3. The Hall–Kier alpha value is -2.74. The summed E-state index contributed by atoms with van der Waals surface area (Å²) < 4.78 is 10.7. The minimum atomic E-state index is -0.164. The summed E-state index contributed by atoms with van der Waals surface area (Å²) in [6.07, 6.45) is 0. The number of benzene rings is 2. The molecule has 7 heteroatoms. The van der Waals surface area contributed by atoms with E-state index in [0.29, 0.717) is 16.3 Å². The van der Waals surface area contributed by atoms with Crippen LogP contribution in [0.5, 0.6) is 5.75 Å². The third kappa shape index (κ3) is 4.82. The van der Waals surface area contributed by atoms with Gasteiger partial charge in [0.1, 0.15) is 15.6 Å². The van der Waals surface area contributed by atoms with Gasteiger partial charge in [0.15, 0.2) is 0 Å². The number of nitrogens with one attached hydrogen (secondary N) is 1. The molecule has 2 heterocycles. The van der Waals surface area contributed by atoms with Gasteiger partial charge < -0.3 is 14.8 Å². The zero-order valence-corrected chi connectivity index (χ0v) is 17.1. The predicted octanol–water partition coefficient (Wildman–Crippen LogP) is 3.90. The van der Waals surface area contributed by atoms with Gasteiger partial charge in [-0.1, -0.05) is 36.4 Å². The predicted molar refractivity (Wildman–Crippen MR) is 115 cm³/mol. The molecule has 1 aromatic heterocycles. The van der Waals surface area contributed by atoms with E-state index in [-0.39, 0.29) is 5.91 Å². The van der Waals surface area contributed by atoms with Crippen molar-refractivity contribution in [1.29, 1.82) is 0 Å². The number of hydrogen-bond acceptors (Lipinski definition) is 6. The summed E-state index contributed by atoms with van der Waals surface area (Å²) in [6.45, 7) is 3.96. The van der Waals surface area contributed by atoms with E-state index in [1.54, 1.807) is 13.2 Å². The smallest absolute Gasteiger partial charge is 0.268 e. The minimum absolute atomic E-state index is 0.164. The normalized spacial score (nSPS) is 14.5. The SMILES string of the molecule is COc1cccc(NC(=O)c2sc(CN3CCOCC3)nc2-c2ccccc2)c1. The van der Waals surface area contributed by atoms with Crippen LogP contribution in [0, 0.1) is 0 Å². The van der Waals surface area contributed by atoms with Crippen LogP contribution in [0.1, 0.15) is 14.7 Å². The molecule has 1 aliphatic rings. The quantitative estimate of drug-likeness (QED) is 0.669. The number of amides is 1. The molecule has 1 N–H and O–H groups in total. The second kappa shape index (κ2) is 9.17. The molecule has 4 rings (SSSR count). The van der Waals surface area contributed by atoms with Gasteiger partial charge in [0.05, 0.1) is 32.6 Å². The molecular weight excluding hydrogens is 386 g/mol. The highest BCUT2D eigenvalue weighted by Crippen LogP contribution is 2.30. The summed E-state index contributed by atoms with van der Waals surface area (Å²) in [5, 5.41) is 3.91. The lowest BCUT2D eigenvalue weighted by Gasteiger charge is -2.25. The lowest BCUT2D eigenvalue weighted by molar-refractivity contribution is 0.0342. The van der Waals surface area contributed by atoms with Crippen LogP contribution < -0.4 is 10.1 Å². The Labute approximate surface area is 174 Å². The highest BCUT2D eigenvalue weighted by Gasteiger charge is 2.21. The highest BCUT2D eigenvalue weighted by molar-refractivity contribution is 7.14. The monoisotopic (exact) mass is 409 g/mol. The van der Waals surface area contributed by atoms with Gasteiger partial charge in [-0.15, -0.1) is 11.3 Å². The van der Waals surface area contributed by atoms with E-state index in [1.807, 2.05) is 48.5 Å². The molecule has 0 bridgehead atoms. The van der Waals surface area contributed by atoms with Crippen molar-refractivity contribution in [2.24, 2.45) is 0 Å². The molecular formula is C22H23N3O3S. The van der Waals surface area contributed by atoms with Gasteiger partial charge in [0.25, 0.3) is 5.91 Å². The molecule has 3 aromatic rings. The summed E-state index contributed by atoms with van der Waals surface area (Å²) in [6, 6.07) is 17.2. The van der Waals surface area contributed by atoms with Gasteiger partial charge >= 0.3 is 0 Å². The van der Waals surface area contributed by atoms with E-state index in [2.05, 4.69) is 10.2 Å². The van der Waals surface area contributed by atoms with E-state index in [4.69, 9.17) is 14.5 Å². The third-order valence-electron chi connectivity index (χ3n) is 4.72. The van der Waals surface area contributed by atoms with Gasteiger partial charge in [-0.05, 0) is 12.1 Å². The molecule has 6 nitrogen and oxygen atoms in total. The topological polar surface area (TPSA) is 63.7 Å². The number of anilines is 1. The fourth-order valence-corrected chi connectivity index (χ4v) is 4.24. The van der Waals surface area contributed by atoms with Crippen LogP contribution in [-0.4, -0.2) is 49.2 Å². The summed E-state index contributed by atoms with van der Waals surface area (Å²) in [7, 11) is 1.61. The third-order valence-corrected chi connectivity index (χ3v) is 5.75. The van der Waals surface area contributed by atoms with Gasteiger partial charge in [-0.25, -0.2) is 4.98 Å². The van der Waals surface area contributed by atoms with E-state index < -0.39 is 0 Å². The van der Waals surface area contributed by atoms with Gasteiger partial charge in [0.2, 0.25) is 0 Å². The number of aromatic nitrogens is 1. The van der Waals surface area contributed by atoms with Crippen LogP contribution in [0.2, 0.25) is 0 Å². The van der Waals surface area contributed by atoms with Crippen LogP contribution >= 0.6 is 11.3 Å². The second-order valence-corrected chi connectivity index (χ2v) is 7.81. The zero-order chi connectivity index (χ0) is 20.1. The first-order chi connectivity index (χ1) is 14.2. The summed E-state index contributed by atoms with van der Waals surface area (Å²) >= 11 is 1.45. The first kappa shape index (κ1) is 19.6. The largest absolute Gasteiger partial charge is 0.497 e. The number of hydrogen-bond donors (Lipinski definition) is 1. The molecule has 1 fully saturated rings. The number of rotatable bonds is 6. The molecule has 0 unspecified atom stereocenters. The lowest BCUT2D eigenvalue weighted by atomic mass is 10.1. The van der Waals surface area contributed by atoms with E-state index in [9.17, 15) is 4.79 Å². The average Bonchev–Trinajstić information content (AvgIpc) is 3.19. The van der Waals surface area contributed by atoms with Crippen molar-refractivity contribution >= 4 is 22.9 Å². The molecule has 29 heavy (non-hydrogen) atoms. The fraction of sp³-hybridized carbons (Fsp3) is 0.273. The fourth-order valence-electron chi connectivity index (χ4n) is 3.22. The number of morpholine rings is 1. The molecule has 0 saturated carbocycles. The van der Waals surface area contributed by atoms with Crippen molar-refractivity contribution in [3.05, 3.63) is 64.5 Å². The van der Waals surface area contributed by atoms with Gasteiger partial charge in [-0.3, -0.25) is 9.69 Å². The van der Waals surface area contributed by atoms with Crippen LogP contribution in [0.25, 0.3) is 11.3 Å². The molecule has 0 radical (unpaired) electrons. The maximum Gasteiger partial charge on any atom is 0.268 e. The van der Waals surface area contributed by atoms with Crippen molar-refractivity contribution in [3.63, 3.8) is 0 Å². The Morgan fingerprint density at radius 1 is 1.17 bits per heavy atom. The van der Waals surface area contributed by atoms with Crippen molar-refractivity contribution in [2.75, 3.05) is 38.7 Å². The van der Waals surface area contributed by atoms with Gasteiger partial charge in [0, 0.05) is 30.4 Å². The Kier molecular flexibility index (Phi) is 6.19. The van der Waals surface area contributed by atoms with Crippen LogP contribution in [0.3, 0.4) is 0 Å². The van der Waals surface area contributed by atoms with Crippen molar-refractivity contribution in [3.8, 4) is 17.0 Å². The Balaban J connectivity index is 1.61. The van der Waals surface area contributed by atoms with Crippen LogP contribution in [0.4, 0.5) is 5.69 Å². The van der Waals surface area contributed by atoms with E-state index in [1.165, 1.54) is 11.3 Å². The number of methoxy groups -OCH3 is 1. The van der Waals surface area contributed by atoms with Crippen LogP contribution in [-0.2, 0) is 11.3 Å². The minimum Gasteiger partial charge on any atom is -0.497 e. The van der Waals surface area contributed by atoms with Crippen molar-refractivity contribution in [1.82, 2.24) is 9.88 Å². The Morgan fingerprint density at radius 2 is 1.97 bits per heavy atom. The Bertz CT molecular complexity index is 968.